The molecule has 2 rings (SSSR count). The average Bonchev–Trinajstić information content (AvgIpc) is 2.29. The van der Waals surface area contributed by atoms with Gasteiger partial charge in [0.25, 0.3) is 11.8 Å². The molecule has 64 valence electrons. The fourth-order valence-corrected chi connectivity index (χ4v) is 1.14. The lowest BCUT2D eigenvalue weighted by Crippen LogP contribution is -2.61. The Kier molecular flexibility index (Phi) is 1.14. The molecule has 1 amide bonds. The molecule has 2 atom stereocenters. The van der Waals surface area contributed by atoms with Gasteiger partial charge in [-0.25, -0.2) is 0 Å². The predicted octanol–water partition coefficient (Wildman–Crippen LogP) is -2.92. The van der Waals surface area contributed by atoms with Gasteiger partial charge in [0, 0.05) is 0 Å². The van der Waals surface area contributed by atoms with Crippen LogP contribution in [0.15, 0.2) is 9.98 Å². The molecule has 0 aliphatic carbocycles. The van der Waals surface area contributed by atoms with Crippen molar-refractivity contribution in [3.8, 4) is 0 Å². The second-order valence-electron chi connectivity index (χ2n) is 2.54. The predicted molar refractivity (Wildman–Crippen MR) is 40.1 cm³/mol. The smallest absolute Gasteiger partial charge is 0.270 e. The van der Waals surface area contributed by atoms with Crippen molar-refractivity contribution in [3.63, 3.8) is 0 Å². The lowest BCUT2D eigenvalue weighted by Gasteiger charge is -2.27. The van der Waals surface area contributed by atoms with Gasteiger partial charge in [-0.3, -0.25) is 15.1 Å². The monoisotopic (exact) mass is 169 g/mol. The Bertz CT molecular complexity index is 298. The third kappa shape index (κ3) is 0.766. The van der Waals surface area contributed by atoms with Crippen LogP contribution in [0.25, 0.3) is 0 Å². The number of nitrogens with zero attached hydrogens (tertiary/aromatic N) is 2. The molecule has 2 aliphatic heterocycles. The summed E-state index contributed by atoms with van der Waals surface area (Å²) in [7, 11) is 0. The molecule has 0 unspecified atom stereocenters. The maximum atomic E-state index is 11.1. The number of carbonyl (C=O) groups is 1. The molecule has 0 fully saturated rings. The number of aliphatic hydroxyl groups is 1. The van der Waals surface area contributed by atoms with Gasteiger partial charge in [-0.1, -0.05) is 0 Å². The van der Waals surface area contributed by atoms with Crippen LogP contribution in [0.4, 0.5) is 0 Å². The van der Waals surface area contributed by atoms with Crippen LogP contribution in [0.3, 0.4) is 0 Å². The first-order valence-corrected chi connectivity index (χ1v) is 3.30. The minimum absolute atomic E-state index is 0.114. The van der Waals surface area contributed by atoms with Crippen molar-refractivity contribution in [1.82, 2.24) is 10.6 Å². The largest absolute Gasteiger partial charge is 0.369 e. The number of amides is 1. The molecule has 5 N–H and O–H groups in total. The highest BCUT2D eigenvalue weighted by Crippen LogP contribution is 2.18. The van der Waals surface area contributed by atoms with Crippen molar-refractivity contribution in [3.05, 3.63) is 0 Å². The Balaban J connectivity index is 2.42. The molecule has 2 heterocycles. The first-order valence-electron chi connectivity index (χ1n) is 3.30. The minimum Gasteiger partial charge on any atom is -0.369 e. The number of hydrogen-bond acceptors (Lipinski definition) is 6. The summed E-state index contributed by atoms with van der Waals surface area (Å²) in [6.45, 7) is 0. The molecule has 0 aromatic heterocycles. The van der Waals surface area contributed by atoms with Crippen LogP contribution in [0.2, 0.25) is 0 Å². The number of nitrogens with two attached hydrogens (primary N) is 1. The Morgan fingerprint density at radius 2 is 2.50 bits per heavy atom. The zero-order chi connectivity index (χ0) is 8.77. The summed E-state index contributed by atoms with van der Waals surface area (Å²) in [6.07, 6.45) is 1.23. The summed E-state index contributed by atoms with van der Waals surface area (Å²) in [5.41, 5.74) is 5.23. The number of rotatable bonds is 0. The van der Waals surface area contributed by atoms with Gasteiger partial charge >= 0.3 is 0 Å². The van der Waals surface area contributed by atoms with E-state index in [-0.39, 0.29) is 5.96 Å². The maximum Gasteiger partial charge on any atom is 0.270 e. The molecule has 2 aliphatic rings. The molecule has 0 aromatic carbocycles. The van der Waals surface area contributed by atoms with Gasteiger partial charge in [0.05, 0.1) is 6.34 Å². The van der Waals surface area contributed by atoms with Gasteiger partial charge in [0.15, 0.2) is 12.0 Å². The van der Waals surface area contributed by atoms with E-state index in [4.69, 9.17) is 5.73 Å². The summed E-state index contributed by atoms with van der Waals surface area (Å²) in [5, 5.41) is 14.3. The van der Waals surface area contributed by atoms with Crippen molar-refractivity contribution in [2.45, 2.75) is 11.9 Å². The molecule has 12 heavy (non-hydrogen) atoms. The zero-order valence-electron chi connectivity index (χ0n) is 5.98. The second kappa shape index (κ2) is 1.95. The fraction of sp³-hybridized carbons (Fsp3) is 0.400. The van der Waals surface area contributed by atoms with Gasteiger partial charge in [-0.15, -0.1) is 0 Å². The third-order valence-corrected chi connectivity index (χ3v) is 1.67. The van der Waals surface area contributed by atoms with Crippen LogP contribution < -0.4 is 16.4 Å². The van der Waals surface area contributed by atoms with Crippen molar-refractivity contribution in [2.24, 2.45) is 15.7 Å². The van der Waals surface area contributed by atoms with Crippen molar-refractivity contribution in [2.75, 3.05) is 0 Å². The van der Waals surface area contributed by atoms with E-state index in [0.717, 1.165) is 0 Å². The van der Waals surface area contributed by atoms with E-state index in [1.165, 1.54) is 6.34 Å². The molecule has 7 nitrogen and oxygen atoms in total. The molecule has 0 bridgehead atoms. The summed E-state index contributed by atoms with van der Waals surface area (Å²) in [5.74, 6) is -2.27. The Morgan fingerprint density at radius 1 is 1.75 bits per heavy atom. The minimum atomic E-state index is -1.69. The lowest BCUT2D eigenvalue weighted by molar-refractivity contribution is -0.127. The van der Waals surface area contributed by atoms with Gasteiger partial charge in [0.2, 0.25) is 0 Å². The number of guanidine groups is 1. The van der Waals surface area contributed by atoms with Crippen LogP contribution >= 0.6 is 0 Å². The summed E-state index contributed by atoms with van der Waals surface area (Å²) < 4.78 is 0. The van der Waals surface area contributed by atoms with Crippen LogP contribution in [-0.2, 0) is 4.79 Å². The van der Waals surface area contributed by atoms with E-state index >= 15 is 0 Å². The van der Waals surface area contributed by atoms with Crippen LogP contribution in [0, 0.1) is 0 Å². The number of fused-ring (bicyclic) bond motifs is 1. The topological polar surface area (TPSA) is 112 Å². The van der Waals surface area contributed by atoms with E-state index in [2.05, 4.69) is 20.6 Å². The Hall–Kier alpha value is -1.63. The number of hydrogen-bond donors (Lipinski definition) is 4. The quantitative estimate of drug-likeness (QED) is 0.311. The van der Waals surface area contributed by atoms with E-state index in [0.29, 0.717) is 0 Å². The fourth-order valence-electron chi connectivity index (χ4n) is 1.14. The normalized spacial score (nSPS) is 38.2. The van der Waals surface area contributed by atoms with Gasteiger partial charge in [-0.05, 0) is 0 Å². The van der Waals surface area contributed by atoms with Gasteiger partial charge in [-0.2, -0.15) is 4.99 Å². The number of nitrogens with one attached hydrogen (secondary N) is 2. The van der Waals surface area contributed by atoms with E-state index < -0.39 is 17.8 Å². The van der Waals surface area contributed by atoms with Crippen LogP contribution in [-0.4, -0.2) is 35.2 Å². The van der Waals surface area contributed by atoms with E-state index in [9.17, 15) is 9.90 Å². The Labute approximate surface area is 67.4 Å². The van der Waals surface area contributed by atoms with Crippen molar-refractivity contribution >= 4 is 18.2 Å². The highest BCUT2D eigenvalue weighted by molar-refractivity contribution is 6.02. The summed E-state index contributed by atoms with van der Waals surface area (Å²) in [6, 6.07) is -0.940. The number of carbonyl (C=O) groups excluding carboxylic acids is 1. The van der Waals surface area contributed by atoms with Crippen LogP contribution in [0.1, 0.15) is 0 Å². The second-order valence-corrected chi connectivity index (χ2v) is 2.54. The average molecular weight is 169 g/mol. The molecule has 0 spiro atoms. The maximum absolute atomic E-state index is 11.1. The molecular formula is C5H7N5O2. The standard InChI is InChI=1S/C5H7N5O2/c6-4-9-3(11)2-5(12,10-4)8-1-7-2/h1-2,12H,(H,7,8)(H3,6,9,10,11)/t2-,5-/m1/s1. The molecule has 0 aromatic rings. The molecule has 0 radical (unpaired) electrons. The van der Waals surface area contributed by atoms with E-state index in [1.54, 1.807) is 0 Å². The highest BCUT2D eigenvalue weighted by atomic mass is 16.3. The van der Waals surface area contributed by atoms with Gasteiger partial charge in [0.1, 0.15) is 0 Å². The molecule has 0 saturated carbocycles. The summed E-state index contributed by atoms with van der Waals surface area (Å²) >= 11 is 0. The van der Waals surface area contributed by atoms with E-state index in [1.807, 2.05) is 0 Å². The van der Waals surface area contributed by atoms with Crippen molar-refractivity contribution < 1.29 is 9.90 Å². The molecule has 0 saturated heterocycles. The van der Waals surface area contributed by atoms with Crippen LogP contribution in [0.5, 0.6) is 0 Å². The summed E-state index contributed by atoms with van der Waals surface area (Å²) in [4.78, 5) is 18.4. The van der Waals surface area contributed by atoms with Crippen molar-refractivity contribution in [1.29, 1.82) is 0 Å². The highest BCUT2D eigenvalue weighted by Gasteiger charge is 2.47. The number of aliphatic imine (C=N–C) groups is 2. The first-order chi connectivity index (χ1) is 5.62. The SMILES string of the molecule is NC1=N[C@]2(O)NC=N[C@@H]2C(=O)N1. The molecule has 7 heteroatoms. The molecular weight excluding hydrogens is 162 g/mol. The Morgan fingerprint density at radius 3 is 3.25 bits per heavy atom. The zero-order valence-corrected chi connectivity index (χ0v) is 5.98. The lowest BCUT2D eigenvalue weighted by atomic mass is 10.1. The van der Waals surface area contributed by atoms with Gasteiger partial charge < -0.3 is 16.2 Å². The third-order valence-electron chi connectivity index (χ3n) is 1.67. The first kappa shape index (κ1) is 7.04.